The van der Waals surface area contributed by atoms with Crippen LogP contribution in [0.25, 0.3) is 0 Å². The Morgan fingerprint density at radius 1 is 1.17 bits per heavy atom. The molecule has 29 heavy (non-hydrogen) atoms. The minimum Gasteiger partial charge on any atom is -0.394 e. The van der Waals surface area contributed by atoms with Crippen LogP contribution in [0.15, 0.2) is 30.3 Å². The zero-order valence-corrected chi connectivity index (χ0v) is 17.0. The Morgan fingerprint density at radius 2 is 1.86 bits per heavy atom. The number of urea groups is 1. The predicted octanol–water partition coefficient (Wildman–Crippen LogP) is 1.72. The number of nitrogens with one attached hydrogen (secondary N) is 1. The second kappa shape index (κ2) is 8.32. The van der Waals surface area contributed by atoms with Crippen LogP contribution in [0.2, 0.25) is 0 Å². The van der Waals surface area contributed by atoms with E-state index >= 15 is 0 Å². The number of nitrogens with zero attached hydrogens (tertiary/aromatic N) is 2. The highest BCUT2D eigenvalue weighted by Crippen LogP contribution is 2.53. The summed E-state index contributed by atoms with van der Waals surface area (Å²) < 4.78 is 5.07. The third-order valence-corrected chi connectivity index (χ3v) is 6.81. The zero-order valence-electron chi connectivity index (χ0n) is 17.0. The van der Waals surface area contributed by atoms with Crippen LogP contribution in [0.1, 0.15) is 43.6 Å². The van der Waals surface area contributed by atoms with E-state index in [9.17, 15) is 14.7 Å². The second-order valence-corrected chi connectivity index (χ2v) is 8.58. The summed E-state index contributed by atoms with van der Waals surface area (Å²) in [6.45, 7) is 0.840. The summed E-state index contributed by atoms with van der Waals surface area (Å²) in [5.41, 5.74) is 0.634. The zero-order chi connectivity index (χ0) is 20.4. The SMILES string of the molecule is COCC(=O)N1[C@H](CO)[C@H](c2ccccc2)C12CN(C(=O)NC1CCCCC1)C2. The molecule has 1 spiro atoms. The van der Waals surface area contributed by atoms with E-state index in [0.717, 1.165) is 18.4 Å². The summed E-state index contributed by atoms with van der Waals surface area (Å²) in [5, 5.41) is 13.2. The summed E-state index contributed by atoms with van der Waals surface area (Å²) in [5.74, 6) is -0.126. The topological polar surface area (TPSA) is 82.1 Å². The Bertz CT molecular complexity index is 729. The minimum atomic E-state index is -0.464. The van der Waals surface area contributed by atoms with Crippen molar-refractivity contribution in [1.29, 1.82) is 0 Å². The van der Waals surface area contributed by atoms with Crippen LogP contribution in [0.4, 0.5) is 4.79 Å². The molecule has 158 valence electrons. The van der Waals surface area contributed by atoms with Gasteiger partial charge in [0.05, 0.1) is 18.2 Å². The number of benzene rings is 1. The molecule has 7 heteroatoms. The molecule has 0 unspecified atom stereocenters. The molecule has 2 atom stereocenters. The van der Waals surface area contributed by atoms with Crippen LogP contribution >= 0.6 is 0 Å². The highest BCUT2D eigenvalue weighted by Gasteiger charge is 2.68. The lowest BCUT2D eigenvalue weighted by Crippen LogP contribution is -2.86. The Hall–Kier alpha value is -2.12. The van der Waals surface area contributed by atoms with Gasteiger partial charge in [-0.3, -0.25) is 4.79 Å². The smallest absolute Gasteiger partial charge is 0.317 e. The van der Waals surface area contributed by atoms with Crippen molar-refractivity contribution in [3.63, 3.8) is 0 Å². The predicted molar refractivity (Wildman–Crippen MR) is 108 cm³/mol. The number of carbonyl (C=O) groups is 2. The molecule has 0 bridgehead atoms. The van der Waals surface area contributed by atoms with Gasteiger partial charge in [0.2, 0.25) is 5.91 Å². The molecule has 1 aromatic rings. The third-order valence-electron chi connectivity index (χ3n) is 6.81. The van der Waals surface area contributed by atoms with E-state index in [4.69, 9.17) is 4.74 Å². The monoisotopic (exact) mass is 401 g/mol. The van der Waals surface area contributed by atoms with Crippen LogP contribution in [0.3, 0.4) is 0 Å². The lowest BCUT2D eigenvalue weighted by atomic mass is 9.60. The molecule has 0 radical (unpaired) electrons. The van der Waals surface area contributed by atoms with Crippen molar-refractivity contribution in [2.24, 2.45) is 0 Å². The molecule has 2 N–H and O–H groups in total. The van der Waals surface area contributed by atoms with Crippen LogP contribution in [0.5, 0.6) is 0 Å². The third kappa shape index (κ3) is 3.51. The normalized spacial score (nSPS) is 26.0. The summed E-state index contributed by atoms with van der Waals surface area (Å²) in [6.07, 6.45) is 5.67. The van der Waals surface area contributed by atoms with Crippen LogP contribution in [-0.2, 0) is 9.53 Å². The van der Waals surface area contributed by atoms with Gasteiger partial charge in [0.25, 0.3) is 0 Å². The van der Waals surface area contributed by atoms with Gasteiger partial charge in [-0.1, -0.05) is 49.6 Å². The first-order chi connectivity index (χ1) is 14.1. The summed E-state index contributed by atoms with van der Waals surface area (Å²) in [7, 11) is 1.50. The largest absolute Gasteiger partial charge is 0.394 e. The molecule has 1 aromatic carbocycles. The maximum absolute atomic E-state index is 12.8. The quantitative estimate of drug-likeness (QED) is 0.787. The number of aliphatic hydroxyl groups is 1. The fourth-order valence-corrected chi connectivity index (χ4v) is 5.53. The number of hydrogen-bond donors (Lipinski definition) is 2. The van der Waals surface area contributed by atoms with Gasteiger partial charge in [-0.05, 0) is 18.4 Å². The number of amides is 3. The van der Waals surface area contributed by atoms with Crippen molar-refractivity contribution in [3.05, 3.63) is 35.9 Å². The van der Waals surface area contributed by atoms with Gasteiger partial charge in [-0.15, -0.1) is 0 Å². The van der Waals surface area contributed by atoms with Gasteiger partial charge in [0.15, 0.2) is 0 Å². The second-order valence-electron chi connectivity index (χ2n) is 8.58. The highest BCUT2D eigenvalue weighted by molar-refractivity contribution is 5.83. The lowest BCUT2D eigenvalue weighted by molar-refractivity contribution is -0.196. The first kappa shape index (κ1) is 20.2. The van der Waals surface area contributed by atoms with Gasteiger partial charge in [0.1, 0.15) is 6.61 Å². The summed E-state index contributed by atoms with van der Waals surface area (Å²) in [4.78, 5) is 29.1. The maximum atomic E-state index is 12.8. The van der Waals surface area contributed by atoms with E-state index < -0.39 is 5.54 Å². The maximum Gasteiger partial charge on any atom is 0.317 e. The number of rotatable bonds is 5. The molecule has 1 saturated carbocycles. The summed E-state index contributed by atoms with van der Waals surface area (Å²) in [6, 6.07) is 9.92. The Morgan fingerprint density at radius 3 is 2.48 bits per heavy atom. The molecule has 3 amide bonds. The van der Waals surface area contributed by atoms with Gasteiger partial charge in [0, 0.05) is 32.2 Å². The lowest BCUT2D eigenvalue weighted by Gasteiger charge is -2.70. The molecule has 0 aromatic heterocycles. The van der Waals surface area contributed by atoms with Gasteiger partial charge in [-0.2, -0.15) is 0 Å². The first-order valence-electron chi connectivity index (χ1n) is 10.6. The number of carbonyl (C=O) groups excluding carboxylic acids is 2. The number of hydrogen-bond acceptors (Lipinski definition) is 4. The van der Waals surface area contributed by atoms with E-state index in [1.165, 1.54) is 26.4 Å². The Balaban J connectivity index is 1.50. The van der Waals surface area contributed by atoms with Crippen molar-refractivity contribution in [2.45, 2.75) is 55.6 Å². The van der Waals surface area contributed by atoms with Crippen molar-refractivity contribution in [1.82, 2.24) is 15.1 Å². The summed E-state index contributed by atoms with van der Waals surface area (Å²) >= 11 is 0. The molecule has 3 aliphatic rings. The molecule has 1 aliphatic carbocycles. The molecular weight excluding hydrogens is 370 g/mol. The van der Waals surface area contributed by atoms with E-state index in [2.05, 4.69) is 5.32 Å². The molecular formula is C22H31N3O4. The Kier molecular flexibility index (Phi) is 5.79. The first-order valence-corrected chi connectivity index (χ1v) is 10.6. The molecule has 7 nitrogen and oxygen atoms in total. The van der Waals surface area contributed by atoms with Gasteiger partial charge < -0.3 is 25.0 Å². The number of aliphatic hydroxyl groups excluding tert-OH is 1. The van der Waals surface area contributed by atoms with Crippen molar-refractivity contribution < 1.29 is 19.4 Å². The highest BCUT2D eigenvalue weighted by atomic mass is 16.5. The van der Waals surface area contributed by atoms with E-state index in [1.807, 2.05) is 30.3 Å². The number of likely N-dealkylation sites (tertiary alicyclic amines) is 2. The fraction of sp³-hybridized carbons (Fsp3) is 0.636. The molecule has 2 heterocycles. The minimum absolute atomic E-state index is 0.00763. The van der Waals surface area contributed by atoms with E-state index in [1.54, 1.807) is 9.80 Å². The Labute approximate surface area is 172 Å². The molecule has 3 fully saturated rings. The number of ether oxygens (including phenoxy) is 1. The van der Waals surface area contributed by atoms with Crippen LogP contribution in [0, 0.1) is 0 Å². The standard InChI is InChI=1S/C22H31N3O4/c1-29-13-19(27)25-18(12-26)20(16-8-4-2-5-9-16)22(25)14-24(15-22)21(28)23-17-10-6-3-7-11-17/h2,4-5,8-9,17-18,20,26H,3,6-7,10-15H2,1H3,(H,23,28)/t18-,20+/m1/s1. The number of methoxy groups -OCH3 is 1. The van der Waals surface area contributed by atoms with Crippen LogP contribution in [-0.4, -0.2) is 77.9 Å². The van der Waals surface area contributed by atoms with Crippen molar-refractivity contribution in [3.8, 4) is 0 Å². The van der Waals surface area contributed by atoms with Crippen molar-refractivity contribution in [2.75, 3.05) is 33.4 Å². The van der Waals surface area contributed by atoms with Crippen LogP contribution < -0.4 is 5.32 Å². The molecule has 2 aliphatic heterocycles. The van der Waals surface area contributed by atoms with Gasteiger partial charge in [-0.25, -0.2) is 4.79 Å². The average Bonchev–Trinajstić information content (AvgIpc) is 2.68. The van der Waals surface area contributed by atoms with Gasteiger partial charge >= 0.3 is 6.03 Å². The molecule has 2 saturated heterocycles. The van der Waals surface area contributed by atoms with E-state index in [0.29, 0.717) is 13.1 Å². The van der Waals surface area contributed by atoms with Crippen molar-refractivity contribution >= 4 is 11.9 Å². The fourth-order valence-electron chi connectivity index (χ4n) is 5.53. The average molecular weight is 402 g/mol. The van der Waals surface area contributed by atoms with E-state index in [-0.39, 0.29) is 43.2 Å². The molecule has 4 rings (SSSR count).